The number of aromatic nitrogens is 2. The molecule has 9 rings (SSSR count). The van der Waals surface area contributed by atoms with E-state index in [9.17, 15) is 60.8 Å². The Balaban J connectivity index is 0.000000190. The summed E-state index contributed by atoms with van der Waals surface area (Å²) in [5.41, 5.74) is 14.3. The highest BCUT2D eigenvalue weighted by molar-refractivity contribution is 6.45. The van der Waals surface area contributed by atoms with Crippen molar-refractivity contribution in [2.45, 2.75) is 85.0 Å². The first kappa shape index (κ1) is 60.6. The van der Waals surface area contributed by atoms with Crippen molar-refractivity contribution in [1.82, 2.24) is 29.3 Å². The van der Waals surface area contributed by atoms with Crippen LogP contribution in [0.15, 0.2) is 103 Å². The maximum Gasteiger partial charge on any atom is 0.416 e. The molecule has 20 nitrogen and oxygen atoms in total. The monoisotopic (exact) mass is 1140 g/mol. The average Bonchev–Trinajstić information content (AvgIpc) is 3.99. The number of ketones is 2. The number of alkyl halides is 3. The zero-order chi connectivity index (χ0) is 60.2. The van der Waals surface area contributed by atoms with E-state index in [1.807, 2.05) is 37.5 Å². The summed E-state index contributed by atoms with van der Waals surface area (Å²) in [7, 11) is 0. The number of aromatic amines is 1. The fourth-order valence-corrected chi connectivity index (χ4v) is 10.1. The van der Waals surface area contributed by atoms with Crippen LogP contribution in [0.25, 0.3) is 21.8 Å². The highest BCUT2D eigenvalue weighted by Crippen LogP contribution is 2.36. The number of fused-ring (bicyclic) bond motifs is 2. The van der Waals surface area contributed by atoms with E-state index in [1.165, 1.54) is 41.3 Å². The first-order valence-electron chi connectivity index (χ1n) is 25.6. The van der Waals surface area contributed by atoms with Gasteiger partial charge in [0, 0.05) is 109 Å². The lowest BCUT2D eigenvalue weighted by atomic mass is 9.99. The van der Waals surface area contributed by atoms with Crippen molar-refractivity contribution < 1.29 is 60.5 Å². The van der Waals surface area contributed by atoms with Crippen molar-refractivity contribution in [2.24, 2.45) is 17.4 Å². The van der Waals surface area contributed by atoms with E-state index in [4.69, 9.17) is 17.3 Å². The summed E-state index contributed by atoms with van der Waals surface area (Å²) in [6, 6.07) is 21.7. The highest BCUT2D eigenvalue weighted by Gasteiger charge is 2.36. The lowest BCUT2D eigenvalue weighted by molar-refractivity contribution is -0.386. The second-order valence-electron chi connectivity index (χ2n) is 20.4. The second-order valence-corrected chi connectivity index (χ2v) is 20.4. The van der Waals surface area contributed by atoms with Gasteiger partial charge in [-0.25, -0.2) is 8.78 Å². The molecule has 0 bridgehead atoms. The Labute approximate surface area is 466 Å². The number of Topliss-reactive ketones (excluding diaryl/α,β-unsaturated/α-hetero) is 2. The van der Waals surface area contributed by atoms with Crippen molar-refractivity contribution >= 4 is 62.7 Å². The summed E-state index contributed by atoms with van der Waals surface area (Å²) in [5.74, 6) is 5.65. The van der Waals surface area contributed by atoms with Crippen LogP contribution in [0.2, 0.25) is 0 Å². The van der Waals surface area contributed by atoms with Crippen LogP contribution in [-0.4, -0.2) is 120 Å². The fraction of sp³-hybridized carbons (Fsp3) is 0.298. The number of nitrogen functional groups attached to an aromatic ring is 1. The number of nitrogens with two attached hydrogens (primary N) is 4. The van der Waals surface area contributed by atoms with Gasteiger partial charge >= 0.3 is 11.9 Å². The summed E-state index contributed by atoms with van der Waals surface area (Å²) in [6.07, 6.45) is -1.84. The van der Waals surface area contributed by atoms with Gasteiger partial charge in [0.1, 0.15) is 11.6 Å². The number of halogens is 5. The first-order chi connectivity index (χ1) is 38.6. The topological polar surface area (TPSA) is 293 Å². The lowest BCUT2D eigenvalue weighted by Crippen LogP contribution is -2.57. The minimum Gasteiger partial charge on any atom is -0.404 e. The number of carbonyl (C=O) groups excluding carboxylic acids is 6. The number of primary amides is 2. The molecule has 0 unspecified atom stereocenters. The Bertz CT molecular complexity index is 3610. The summed E-state index contributed by atoms with van der Waals surface area (Å²) in [6.45, 7) is 15.5. The van der Waals surface area contributed by atoms with Gasteiger partial charge in [-0.05, 0) is 124 Å². The van der Waals surface area contributed by atoms with E-state index in [-0.39, 0.29) is 58.7 Å². The lowest BCUT2D eigenvalue weighted by Gasteiger charge is -2.44. The number of piperazine rings is 2. The van der Waals surface area contributed by atoms with Gasteiger partial charge in [-0.1, -0.05) is 24.3 Å². The molecule has 4 heterocycles. The molecule has 9 N–H and O–H groups in total. The van der Waals surface area contributed by atoms with Crippen LogP contribution >= 0.6 is 0 Å². The van der Waals surface area contributed by atoms with Crippen molar-refractivity contribution in [2.75, 3.05) is 32.0 Å². The van der Waals surface area contributed by atoms with Gasteiger partial charge in [-0.15, -0.1) is 0 Å². The molecule has 4 amide bonds. The number of nitrogens with one attached hydrogen (secondary N) is 1. The molecule has 0 saturated carbocycles. The Morgan fingerprint density at radius 1 is 0.646 bits per heavy atom. The third-order valence-electron chi connectivity index (χ3n) is 14.6. The minimum absolute atomic E-state index is 0.0396. The first-order valence-corrected chi connectivity index (χ1v) is 25.6. The maximum absolute atomic E-state index is 13.6. The van der Waals surface area contributed by atoms with E-state index in [1.54, 1.807) is 48.5 Å². The predicted octanol–water partition coefficient (Wildman–Crippen LogP) is 7.09. The van der Waals surface area contributed by atoms with Gasteiger partial charge in [0.25, 0.3) is 35.2 Å². The molecule has 0 radical (unpaired) electrons. The van der Waals surface area contributed by atoms with E-state index < -0.39 is 51.5 Å². The number of hydrogen-bond donors (Lipinski definition) is 5. The smallest absolute Gasteiger partial charge is 0.404 e. The molecule has 0 spiro atoms. The van der Waals surface area contributed by atoms with Gasteiger partial charge in [-0.2, -0.15) is 19.1 Å². The van der Waals surface area contributed by atoms with E-state index in [0.29, 0.717) is 89.9 Å². The van der Waals surface area contributed by atoms with Crippen molar-refractivity contribution in [3.8, 4) is 5.75 Å². The Morgan fingerprint density at radius 3 is 1.56 bits per heavy atom. The highest BCUT2D eigenvalue weighted by atomic mass is 19.4. The molecule has 2 fully saturated rings. The van der Waals surface area contributed by atoms with E-state index in [2.05, 4.69) is 39.4 Å². The van der Waals surface area contributed by atoms with Crippen LogP contribution in [0.1, 0.15) is 96.9 Å². The fourth-order valence-electron chi connectivity index (χ4n) is 10.1. The van der Waals surface area contributed by atoms with E-state index in [0.717, 1.165) is 22.8 Å². The van der Waals surface area contributed by atoms with Crippen LogP contribution in [0.3, 0.4) is 0 Å². The van der Waals surface area contributed by atoms with Crippen LogP contribution in [0.5, 0.6) is 5.75 Å². The number of carbonyl (C=O) groups is 6. The zero-order valence-electron chi connectivity index (χ0n) is 45.4. The molecule has 4 atom stereocenters. The molecule has 7 aromatic rings. The Kier molecular flexibility index (Phi) is 18.3. The molecule has 2 aliphatic heterocycles. The summed E-state index contributed by atoms with van der Waals surface area (Å²) < 4.78 is 64.2. The molecule has 82 heavy (non-hydrogen) atoms. The Morgan fingerprint density at radius 2 is 1.11 bits per heavy atom. The quantitative estimate of drug-likeness (QED) is 0.0204. The molecule has 2 aromatic heterocycles. The number of hydrogen-bond acceptors (Lipinski definition) is 13. The predicted molar refractivity (Wildman–Crippen MR) is 293 cm³/mol. The molecule has 25 heteroatoms. The summed E-state index contributed by atoms with van der Waals surface area (Å²) >= 11 is 0. The molecule has 2 aliphatic rings. The maximum atomic E-state index is 13.6. The van der Waals surface area contributed by atoms with Crippen molar-refractivity contribution in [1.29, 1.82) is 0 Å². The number of nitro groups is 1. The largest absolute Gasteiger partial charge is 0.416 e. The normalized spacial score (nSPS) is 17.6. The number of nitro benzene ring substituents is 1. The second kappa shape index (κ2) is 24.7. The number of rotatable bonds is 12. The minimum atomic E-state index is -4.64. The standard InChI is InChI=1S/C25H28FN5O3.C25H27FN4O3.C7H5F3N2O3/c1-14-8-22-20(21(13-31(22)28)23(32)24(27)33)9-19(14)25(34)30-11-15(2)29(10-16(30)3)12-17-4-6-18(26)7-5-17;1-14-8-22-20(21(10-28-22)23(31)24(27)32)9-19(14)25(33)30-12-15(2)29(11-16(30)3)13-17-4-6-18(26)7-5-17;8-7(9,10)4-1-2-6(15-11)5(3-4)12(13)14/h4-9,13,15-16H,10-12,28H2,1-3H3,(H2,27,33);4-10,15-16,28H,11-13H2,1-3H3,(H2,27,32);1-3H,11H2/t2*15-,16+;/m00./s1. The summed E-state index contributed by atoms with van der Waals surface area (Å²) in [4.78, 5) is 99.1. The van der Waals surface area contributed by atoms with Crippen LogP contribution in [0, 0.1) is 35.6 Å². The SMILES string of the molecule is Cc1cc2[nH]cc(C(=O)C(N)=O)c2cc1C(=O)N1C[C@H](C)N(Cc2ccc(F)cc2)C[C@H]1C.Cc1cc2c(cc1C(=O)N1C[C@H](C)N(Cc3ccc(F)cc3)C[C@H]1C)c(C(=O)C(N)=O)cn2N.NOc1ccc(C(F)(F)F)cc1[N+](=O)[O-]. The van der Waals surface area contributed by atoms with Gasteiger partial charge in [0.05, 0.1) is 27.1 Å². The Hall–Kier alpha value is -9.07. The number of benzene rings is 5. The van der Waals surface area contributed by atoms with Crippen molar-refractivity contribution in [3.05, 3.63) is 175 Å². The van der Waals surface area contributed by atoms with Gasteiger partial charge in [-0.3, -0.25) is 53.4 Å². The number of amides is 4. The zero-order valence-corrected chi connectivity index (χ0v) is 45.4. The van der Waals surface area contributed by atoms with Crippen LogP contribution in [-0.2, 0) is 28.9 Å². The average molecular weight is 1140 g/mol. The van der Waals surface area contributed by atoms with Crippen LogP contribution < -0.4 is 28.0 Å². The van der Waals surface area contributed by atoms with Gasteiger partial charge in [0.2, 0.25) is 5.75 Å². The third kappa shape index (κ3) is 13.4. The number of nitrogens with zero attached hydrogens (tertiary/aromatic N) is 6. The third-order valence-corrected chi connectivity index (χ3v) is 14.6. The van der Waals surface area contributed by atoms with Gasteiger partial charge < -0.3 is 36.9 Å². The number of H-pyrrole nitrogens is 1. The van der Waals surface area contributed by atoms with Gasteiger partial charge in [0.15, 0.2) is 0 Å². The molecule has 5 aromatic carbocycles. The molecule has 432 valence electrons. The van der Waals surface area contributed by atoms with E-state index >= 15 is 0 Å². The van der Waals surface area contributed by atoms with Crippen LogP contribution in [0.4, 0.5) is 27.6 Å². The number of aryl methyl sites for hydroxylation is 2. The molecule has 2 saturated heterocycles. The molecular formula is C57H60F5N11O9. The van der Waals surface area contributed by atoms with Crippen molar-refractivity contribution in [3.63, 3.8) is 0 Å². The molecular weight excluding hydrogens is 1080 g/mol. The summed E-state index contributed by atoms with van der Waals surface area (Å²) in [5, 5.41) is 11.3. The molecule has 0 aliphatic carbocycles.